The summed E-state index contributed by atoms with van der Waals surface area (Å²) in [5.74, 6) is 0.551. The highest BCUT2D eigenvalue weighted by molar-refractivity contribution is 5.39. The molecular formula is C10H11N3. The SMILES string of the molecule is C=C/C=C(\C=C)Nc1ncccn1. The normalized spacial score (nSPS) is 10.6. The number of aromatic nitrogens is 2. The van der Waals surface area contributed by atoms with Gasteiger partial charge in [-0.1, -0.05) is 19.2 Å². The standard InChI is InChI=1S/C10H11N3/c1-3-6-9(4-2)13-10-11-7-5-8-12-10/h3-8H,1-2H2,(H,11,12,13)/b9-6+. The molecule has 0 radical (unpaired) electrons. The molecule has 1 aromatic heterocycles. The molecule has 0 aliphatic carbocycles. The van der Waals surface area contributed by atoms with Crippen LogP contribution >= 0.6 is 0 Å². The second kappa shape index (κ2) is 4.87. The van der Waals surface area contributed by atoms with Crippen LogP contribution in [0.25, 0.3) is 0 Å². The van der Waals surface area contributed by atoms with Crippen LogP contribution in [-0.4, -0.2) is 9.97 Å². The minimum absolute atomic E-state index is 0.551. The first kappa shape index (κ1) is 9.19. The summed E-state index contributed by atoms with van der Waals surface area (Å²) in [6.45, 7) is 7.23. The molecule has 0 amide bonds. The van der Waals surface area contributed by atoms with Gasteiger partial charge < -0.3 is 5.32 Å². The van der Waals surface area contributed by atoms with Crippen molar-refractivity contribution in [3.8, 4) is 0 Å². The van der Waals surface area contributed by atoms with E-state index in [9.17, 15) is 0 Å². The molecule has 0 aliphatic rings. The quantitative estimate of drug-likeness (QED) is 0.709. The molecule has 0 atom stereocenters. The van der Waals surface area contributed by atoms with Crippen LogP contribution in [0, 0.1) is 0 Å². The van der Waals surface area contributed by atoms with E-state index in [4.69, 9.17) is 0 Å². The van der Waals surface area contributed by atoms with E-state index in [1.807, 2.05) is 0 Å². The summed E-state index contributed by atoms with van der Waals surface area (Å²) in [5.41, 5.74) is 0.821. The Balaban J connectivity index is 2.73. The van der Waals surface area contributed by atoms with Crippen LogP contribution in [0.4, 0.5) is 5.95 Å². The van der Waals surface area contributed by atoms with E-state index < -0.39 is 0 Å². The zero-order chi connectivity index (χ0) is 9.52. The van der Waals surface area contributed by atoms with Gasteiger partial charge >= 0.3 is 0 Å². The lowest BCUT2D eigenvalue weighted by molar-refractivity contribution is 1.15. The van der Waals surface area contributed by atoms with Gasteiger partial charge in [0.2, 0.25) is 5.95 Å². The molecule has 0 saturated heterocycles. The summed E-state index contributed by atoms with van der Waals surface area (Å²) in [6, 6.07) is 1.76. The van der Waals surface area contributed by atoms with Crippen molar-refractivity contribution < 1.29 is 0 Å². The Morgan fingerprint density at radius 1 is 1.31 bits per heavy atom. The molecular weight excluding hydrogens is 162 g/mol. The molecule has 1 heterocycles. The van der Waals surface area contributed by atoms with Crippen LogP contribution in [0.2, 0.25) is 0 Å². The highest BCUT2D eigenvalue weighted by Crippen LogP contribution is 2.01. The fraction of sp³-hybridized carbons (Fsp3) is 0. The Kier molecular flexibility index (Phi) is 3.45. The molecule has 0 unspecified atom stereocenters. The van der Waals surface area contributed by atoms with Gasteiger partial charge in [0.25, 0.3) is 0 Å². The molecule has 0 aromatic carbocycles. The molecule has 3 heteroatoms. The minimum atomic E-state index is 0.551. The third-order valence-corrected chi connectivity index (χ3v) is 1.34. The average Bonchev–Trinajstić information content (AvgIpc) is 2.19. The van der Waals surface area contributed by atoms with Crippen LogP contribution in [0.5, 0.6) is 0 Å². The first-order valence-corrected chi connectivity index (χ1v) is 3.86. The summed E-state index contributed by atoms with van der Waals surface area (Å²) in [7, 11) is 0. The van der Waals surface area contributed by atoms with E-state index >= 15 is 0 Å². The Hall–Kier alpha value is -1.90. The van der Waals surface area contributed by atoms with Crippen molar-refractivity contribution in [1.82, 2.24) is 9.97 Å². The summed E-state index contributed by atoms with van der Waals surface area (Å²) < 4.78 is 0. The molecule has 0 saturated carbocycles. The predicted molar refractivity (Wildman–Crippen MR) is 54.1 cm³/mol. The first-order valence-electron chi connectivity index (χ1n) is 3.86. The van der Waals surface area contributed by atoms with Crippen LogP contribution in [-0.2, 0) is 0 Å². The highest BCUT2D eigenvalue weighted by atomic mass is 15.1. The molecule has 1 N–H and O–H groups in total. The Labute approximate surface area is 77.5 Å². The number of nitrogens with zero attached hydrogens (tertiary/aromatic N) is 2. The maximum atomic E-state index is 4.00. The number of allylic oxidation sites excluding steroid dienone is 3. The minimum Gasteiger partial charge on any atom is -0.324 e. The second-order valence-electron chi connectivity index (χ2n) is 2.26. The predicted octanol–water partition coefficient (Wildman–Crippen LogP) is 2.14. The maximum Gasteiger partial charge on any atom is 0.227 e. The summed E-state index contributed by atoms with van der Waals surface area (Å²) >= 11 is 0. The van der Waals surface area contributed by atoms with Crippen molar-refractivity contribution in [3.63, 3.8) is 0 Å². The zero-order valence-electron chi connectivity index (χ0n) is 7.27. The summed E-state index contributed by atoms with van der Waals surface area (Å²) in [4.78, 5) is 8.01. The smallest absolute Gasteiger partial charge is 0.227 e. The molecule has 13 heavy (non-hydrogen) atoms. The van der Waals surface area contributed by atoms with E-state index in [1.54, 1.807) is 36.7 Å². The molecule has 1 rings (SSSR count). The topological polar surface area (TPSA) is 37.8 Å². The third-order valence-electron chi connectivity index (χ3n) is 1.34. The van der Waals surface area contributed by atoms with Crippen LogP contribution in [0.3, 0.4) is 0 Å². The van der Waals surface area contributed by atoms with Crippen molar-refractivity contribution in [1.29, 1.82) is 0 Å². The van der Waals surface area contributed by atoms with Crippen molar-refractivity contribution in [2.45, 2.75) is 0 Å². The molecule has 1 aromatic rings. The van der Waals surface area contributed by atoms with Gasteiger partial charge in [0.15, 0.2) is 0 Å². The van der Waals surface area contributed by atoms with E-state index in [1.165, 1.54) is 0 Å². The fourth-order valence-electron chi connectivity index (χ4n) is 0.780. The van der Waals surface area contributed by atoms with Crippen molar-refractivity contribution in [2.24, 2.45) is 0 Å². The molecule has 66 valence electrons. The van der Waals surface area contributed by atoms with Crippen molar-refractivity contribution in [3.05, 3.63) is 55.5 Å². The first-order chi connectivity index (χ1) is 6.36. The van der Waals surface area contributed by atoms with Crippen molar-refractivity contribution >= 4 is 5.95 Å². The molecule has 0 fully saturated rings. The van der Waals surface area contributed by atoms with E-state index in [0.717, 1.165) is 5.70 Å². The Morgan fingerprint density at radius 3 is 2.54 bits per heavy atom. The Morgan fingerprint density at radius 2 is 2.00 bits per heavy atom. The van der Waals surface area contributed by atoms with Gasteiger partial charge in [-0.05, 0) is 18.2 Å². The molecule has 3 nitrogen and oxygen atoms in total. The lowest BCUT2D eigenvalue weighted by Crippen LogP contribution is -2.00. The van der Waals surface area contributed by atoms with Crippen LogP contribution in [0.1, 0.15) is 0 Å². The molecule has 0 aliphatic heterocycles. The van der Waals surface area contributed by atoms with E-state index in [0.29, 0.717) is 5.95 Å². The number of hydrogen-bond donors (Lipinski definition) is 1. The van der Waals surface area contributed by atoms with Crippen molar-refractivity contribution in [2.75, 3.05) is 5.32 Å². The van der Waals surface area contributed by atoms with Gasteiger partial charge in [0.05, 0.1) is 0 Å². The number of hydrogen-bond acceptors (Lipinski definition) is 3. The maximum absolute atomic E-state index is 4.00. The van der Waals surface area contributed by atoms with Gasteiger partial charge in [0, 0.05) is 18.1 Å². The van der Waals surface area contributed by atoms with Crippen LogP contribution in [0.15, 0.2) is 55.5 Å². The largest absolute Gasteiger partial charge is 0.324 e. The number of nitrogens with one attached hydrogen (secondary N) is 1. The van der Waals surface area contributed by atoms with Gasteiger partial charge in [0.1, 0.15) is 0 Å². The van der Waals surface area contributed by atoms with Gasteiger partial charge in [-0.3, -0.25) is 0 Å². The molecule has 0 bridgehead atoms. The van der Waals surface area contributed by atoms with E-state index in [2.05, 4.69) is 28.4 Å². The summed E-state index contributed by atoms with van der Waals surface area (Å²) in [6.07, 6.45) is 8.49. The lowest BCUT2D eigenvalue weighted by atomic mass is 10.4. The average molecular weight is 173 g/mol. The highest BCUT2D eigenvalue weighted by Gasteiger charge is 1.93. The summed E-state index contributed by atoms with van der Waals surface area (Å²) in [5, 5.41) is 2.98. The zero-order valence-corrected chi connectivity index (χ0v) is 7.27. The lowest BCUT2D eigenvalue weighted by Gasteiger charge is -2.02. The molecule has 0 spiro atoms. The van der Waals surface area contributed by atoms with E-state index in [-0.39, 0.29) is 0 Å². The van der Waals surface area contributed by atoms with Gasteiger partial charge in [-0.15, -0.1) is 0 Å². The van der Waals surface area contributed by atoms with Gasteiger partial charge in [-0.2, -0.15) is 0 Å². The number of anilines is 1. The number of rotatable bonds is 4. The van der Waals surface area contributed by atoms with Crippen LogP contribution < -0.4 is 5.32 Å². The third kappa shape index (κ3) is 2.91. The second-order valence-corrected chi connectivity index (χ2v) is 2.26. The monoisotopic (exact) mass is 173 g/mol. The van der Waals surface area contributed by atoms with Gasteiger partial charge in [-0.25, -0.2) is 9.97 Å². The fourth-order valence-corrected chi connectivity index (χ4v) is 0.780. The Bertz CT molecular complexity index is 314.